The third kappa shape index (κ3) is 4.28. The molecule has 2 aromatic heterocycles. The predicted octanol–water partition coefficient (Wildman–Crippen LogP) is 5.68. The minimum absolute atomic E-state index is 0.0307. The van der Waals surface area contributed by atoms with Gasteiger partial charge in [-0.1, -0.05) is 29.8 Å². The van der Waals surface area contributed by atoms with Crippen LogP contribution in [0.1, 0.15) is 0 Å². The molecule has 3 heterocycles. The van der Waals surface area contributed by atoms with Crippen LogP contribution in [-0.4, -0.2) is 40.7 Å². The zero-order chi connectivity index (χ0) is 25.5. The van der Waals surface area contributed by atoms with Gasteiger partial charge in [-0.3, -0.25) is 4.57 Å². The molecular weight excluding hydrogens is 494 g/mol. The van der Waals surface area contributed by atoms with E-state index in [9.17, 15) is 4.39 Å². The first-order chi connectivity index (χ1) is 18.0. The molecule has 0 unspecified atom stereocenters. The second-order valence-corrected chi connectivity index (χ2v) is 9.32. The van der Waals surface area contributed by atoms with Crippen molar-refractivity contribution in [3.63, 3.8) is 0 Å². The fraction of sp³-hybridized carbons (Fsp3) is 0.143. The van der Waals surface area contributed by atoms with Crippen molar-refractivity contribution in [1.29, 1.82) is 0 Å². The summed E-state index contributed by atoms with van der Waals surface area (Å²) in [6.45, 7) is 3.85. The topological polar surface area (TPSA) is 72.0 Å². The summed E-state index contributed by atoms with van der Waals surface area (Å²) in [6, 6.07) is 19.0. The van der Waals surface area contributed by atoms with E-state index in [1.165, 1.54) is 18.2 Å². The normalized spacial score (nSPS) is 13.9. The van der Waals surface area contributed by atoms with Crippen LogP contribution in [0.2, 0.25) is 5.02 Å². The summed E-state index contributed by atoms with van der Waals surface area (Å²) >= 11 is 6.10. The van der Waals surface area contributed by atoms with E-state index in [0.717, 1.165) is 43.0 Å². The van der Waals surface area contributed by atoms with Crippen molar-refractivity contribution in [2.45, 2.75) is 0 Å². The number of nitrogens with two attached hydrogens (primary N) is 1. The van der Waals surface area contributed by atoms with Gasteiger partial charge in [0.2, 0.25) is 0 Å². The number of anilines is 2. The van der Waals surface area contributed by atoms with Crippen molar-refractivity contribution in [3.05, 3.63) is 89.6 Å². The molecule has 0 amide bonds. The van der Waals surface area contributed by atoms with E-state index in [2.05, 4.69) is 32.3 Å². The van der Waals surface area contributed by atoms with Gasteiger partial charge in [-0.15, -0.1) is 0 Å². The minimum Gasteiger partial charge on any atom is -0.383 e. The fourth-order valence-electron chi connectivity index (χ4n) is 4.74. The first-order valence-electron chi connectivity index (χ1n) is 11.9. The van der Waals surface area contributed by atoms with E-state index in [0.29, 0.717) is 22.4 Å². The Labute approximate surface area is 217 Å². The second-order valence-electron chi connectivity index (χ2n) is 8.92. The largest absolute Gasteiger partial charge is 0.383 e. The average molecular weight is 517 g/mol. The van der Waals surface area contributed by atoms with Crippen molar-refractivity contribution >= 4 is 34.1 Å². The molecule has 1 fully saturated rings. The van der Waals surface area contributed by atoms with Crippen LogP contribution in [0.25, 0.3) is 39.2 Å². The van der Waals surface area contributed by atoms with Crippen LogP contribution in [0.15, 0.2) is 72.9 Å². The number of rotatable bonds is 4. The zero-order valence-corrected chi connectivity index (χ0v) is 20.5. The number of nitrogen functional groups attached to an aromatic ring is 1. The lowest BCUT2D eigenvalue weighted by atomic mass is 10.0. The summed E-state index contributed by atoms with van der Waals surface area (Å²) in [4.78, 5) is 11.4. The van der Waals surface area contributed by atoms with Crippen LogP contribution >= 0.6 is 11.6 Å². The summed E-state index contributed by atoms with van der Waals surface area (Å²) in [5.74, 6) is -0.494. The number of benzene rings is 3. The van der Waals surface area contributed by atoms with Crippen LogP contribution in [0, 0.1) is 11.6 Å². The molecule has 0 bridgehead atoms. The number of pyridine rings is 1. The number of imidazole rings is 1. The number of halogens is 3. The van der Waals surface area contributed by atoms with Gasteiger partial charge in [0.25, 0.3) is 0 Å². The van der Waals surface area contributed by atoms with Gasteiger partial charge in [-0.2, -0.15) is 0 Å². The summed E-state index contributed by atoms with van der Waals surface area (Å²) in [5, 5.41) is 3.33. The van der Waals surface area contributed by atoms with Crippen molar-refractivity contribution in [3.8, 4) is 28.2 Å². The Hall–Kier alpha value is -4.01. The third-order valence-corrected chi connectivity index (χ3v) is 6.92. The van der Waals surface area contributed by atoms with Gasteiger partial charge in [0.15, 0.2) is 5.82 Å². The smallest absolute Gasteiger partial charge is 0.165 e. The Kier molecular flexibility index (Phi) is 5.98. The van der Waals surface area contributed by atoms with E-state index in [1.54, 1.807) is 29.0 Å². The monoisotopic (exact) mass is 516 g/mol. The van der Waals surface area contributed by atoms with Crippen LogP contribution in [-0.2, 0) is 0 Å². The Balaban J connectivity index is 1.48. The van der Waals surface area contributed by atoms with Gasteiger partial charge in [0.05, 0.1) is 27.3 Å². The van der Waals surface area contributed by atoms with E-state index in [4.69, 9.17) is 17.3 Å². The van der Waals surface area contributed by atoms with Crippen LogP contribution < -0.4 is 16.0 Å². The first-order valence-corrected chi connectivity index (χ1v) is 12.3. The molecule has 0 saturated carbocycles. The summed E-state index contributed by atoms with van der Waals surface area (Å²) in [7, 11) is 0. The lowest BCUT2D eigenvalue weighted by Crippen LogP contribution is -2.43. The van der Waals surface area contributed by atoms with Crippen LogP contribution in [0.5, 0.6) is 0 Å². The maximum atomic E-state index is 15.2. The molecule has 3 N–H and O–H groups in total. The van der Waals surface area contributed by atoms with Gasteiger partial charge in [-0.05, 0) is 48.0 Å². The van der Waals surface area contributed by atoms with Crippen molar-refractivity contribution in [2.24, 2.45) is 0 Å². The molecule has 0 radical (unpaired) electrons. The zero-order valence-electron chi connectivity index (χ0n) is 19.8. The Morgan fingerprint density at radius 3 is 2.49 bits per heavy atom. The highest BCUT2D eigenvalue weighted by Crippen LogP contribution is 2.36. The molecule has 37 heavy (non-hydrogen) atoms. The number of hydrogen-bond acceptors (Lipinski definition) is 5. The highest BCUT2D eigenvalue weighted by atomic mass is 35.5. The number of nitrogens with one attached hydrogen (secondary N) is 1. The Bertz CT molecular complexity index is 1610. The maximum absolute atomic E-state index is 15.2. The Morgan fingerprint density at radius 1 is 0.919 bits per heavy atom. The third-order valence-electron chi connectivity index (χ3n) is 6.63. The molecule has 6 nitrogen and oxygen atoms in total. The van der Waals surface area contributed by atoms with Crippen LogP contribution in [0.3, 0.4) is 0 Å². The number of nitrogens with zero attached hydrogens (tertiary/aromatic N) is 4. The van der Waals surface area contributed by atoms with Gasteiger partial charge in [-0.25, -0.2) is 18.7 Å². The van der Waals surface area contributed by atoms with Crippen LogP contribution in [0.4, 0.5) is 20.3 Å². The van der Waals surface area contributed by atoms with E-state index in [-0.39, 0.29) is 16.5 Å². The predicted molar refractivity (Wildman–Crippen MR) is 144 cm³/mol. The standard InChI is InChI=1S/C28H23ClF2N6/c29-22-2-1-3-25(26(22)31)37-24-9-6-19(30)15-23(24)35-28(37)21-14-18(16-34-27(21)32)17-4-7-20(8-5-17)36-12-10-33-11-13-36/h1-9,14-16,33H,10-13H2,(H2,32,34). The van der Waals surface area contributed by atoms with Gasteiger partial charge >= 0.3 is 0 Å². The number of aromatic nitrogens is 3. The minimum atomic E-state index is -0.611. The molecule has 5 aromatic rings. The molecule has 0 spiro atoms. The SMILES string of the molecule is Nc1ncc(-c2ccc(N3CCNCC3)cc2)cc1-c1nc2cc(F)ccc2n1-c1cccc(Cl)c1F. The molecule has 9 heteroatoms. The molecule has 1 saturated heterocycles. The second kappa shape index (κ2) is 9.46. The molecule has 0 atom stereocenters. The molecule has 0 aliphatic carbocycles. The number of hydrogen-bond donors (Lipinski definition) is 2. The molecule has 3 aromatic carbocycles. The summed E-state index contributed by atoms with van der Waals surface area (Å²) < 4.78 is 30.9. The maximum Gasteiger partial charge on any atom is 0.165 e. The van der Waals surface area contributed by atoms with Gasteiger partial charge in [0.1, 0.15) is 17.5 Å². The van der Waals surface area contributed by atoms with Crippen molar-refractivity contribution in [1.82, 2.24) is 19.9 Å². The van der Waals surface area contributed by atoms with Crippen molar-refractivity contribution in [2.75, 3.05) is 36.8 Å². The number of piperazine rings is 1. The number of fused-ring (bicyclic) bond motifs is 1. The summed E-state index contributed by atoms with van der Waals surface area (Å²) in [6.07, 6.45) is 1.70. The van der Waals surface area contributed by atoms with Crippen molar-refractivity contribution < 1.29 is 8.78 Å². The quantitative estimate of drug-likeness (QED) is 0.322. The van der Waals surface area contributed by atoms with Gasteiger partial charge in [0, 0.05) is 49.7 Å². The molecular formula is C28H23ClF2N6. The average Bonchev–Trinajstić information content (AvgIpc) is 3.29. The lowest BCUT2D eigenvalue weighted by molar-refractivity contribution is 0.589. The Morgan fingerprint density at radius 2 is 1.70 bits per heavy atom. The highest BCUT2D eigenvalue weighted by Gasteiger charge is 2.21. The van der Waals surface area contributed by atoms with E-state index < -0.39 is 11.6 Å². The molecule has 6 rings (SSSR count). The van der Waals surface area contributed by atoms with E-state index in [1.807, 2.05) is 18.2 Å². The van der Waals surface area contributed by atoms with Gasteiger partial charge < -0.3 is 16.0 Å². The van der Waals surface area contributed by atoms with E-state index >= 15 is 4.39 Å². The molecule has 1 aliphatic heterocycles. The lowest BCUT2D eigenvalue weighted by Gasteiger charge is -2.29. The fourth-order valence-corrected chi connectivity index (χ4v) is 4.91. The summed E-state index contributed by atoms with van der Waals surface area (Å²) in [5.41, 5.74) is 10.8. The molecule has 186 valence electrons. The first kappa shape index (κ1) is 23.4. The molecule has 1 aliphatic rings. The highest BCUT2D eigenvalue weighted by molar-refractivity contribution is 6.30.